The lowest BCUT2D eigenvalue weighted by Crippen LogP contribution is -2.35. The van der Waals surface area contributed by atoms with Crippen molar-refractivity contribution in [1.82, 2.24) is 19.8 Å². The quantitative estimate of drug-likeness (QED) is 0.578. The lowest BCUT2D eigenvalue weighted by molar-refractivity contribution is 0.0684. The maximum Gasteiger partial charge on any atom is 0.311 e. The zero-order chi connectivity index (χ0) is 21.8. The molecule has 0 aliphatic carbocycles. The first-order valence-corrected chi connectivity index (χ1v) is 12.6. The van der Waals surface area contributed by atoms with Gasteiger partial charge in [0.25, 0.3) is 0 Å². The number of aromatic nitrogens is 2. The van der Waals surface area contributed by atoms with Crippen LogP contribution in [0.5, 0.6) is 0 Å². The maximum absolute atomic E-state index is 12.7. The summed E-state index contributed by atoms with van der Waals surface area (Å²) in [5.41, 5.74) is 1.54. The Morgan fingerprint density at radius 2 is 1.94 bits per heavy atom. The van der Waals surface area contributed by atoms with Crippen LogP contribution in [0.3, 0.4) is 0 Å². The van der Waals surface area contributed by atoms with Crippen molar-refractivity contribution in [3.05, 3.63) is 53.2 Å². The molecule has 10 heteroatoms. The number of hydrogen-bond donors (Lipinski definition) is 1. The predicted molar refractivity (Wildman–Crippen MR) is 117 cm³/mol. The fraction of sp³-hybridized carbons (Fsp3) is 0.381. The van der Waals surface area contributed by atoms with Crippen LogP contribution in [0.2, 0.25) is 0 Å². The third-order valence-corrected chi connectivity index (χ3v) is 8.15. The molecule has 0 radical (unpaired) electrons. The molecule has 1 atom stereocenters. The number of nitrogens with zero attached hydrogens (tertiary/aromatic N) is 3. The molecule has 1 aliphatic heterocycles. The van der Waals surface area contributed by atoms with Crippen LogP contribution in [0.15, 0.2) is 50.4 Å². The van der Waals surface area contributed by atoms with Crippen molar-refractivity contribution in [2.75, 3.05) is 19.6 Å². The molecule has 8 nitrogen and oxygen atoms in total. The fourth-order valence-electron chi connectivity index (χ4n) is 3.43. The second-order valence-electron chi connectivity index (χ2n) is 7.58. The minimum absolute atomic E-state index is 0.0368. The number of hydrogen-bond acceptors (Lipinski definition) is 7. The van der Waals surface area contributed by atoms with Crippen LogP contribution in [0.1, 0.15) is 48.4 Å². The Morgan fingerprint density at radius 3 is 2.68 bits per heavy atom. The molecule has 1 amide bonds. The Balaban J connectivity index is 1.43. The summed E-state index contributed by atoms with van der Waals surface area (Å²) in [4.78, 5) is 14.2. The molecule has 31 heavy (non-hydrogen) atoms. The molecule has 1 aliphatic rings. The normalized spacial score (nSPS) is 15.7. The van der Waals surface area contributed by atoms with Gasteiger partial charge in [0.2, 0.25) is 15.9 Å². The Morgan fingerprint density at radius 1 is 1.19 bits per heavy atom. The SMILES string of the molecule is C[C@@H](CNS(=O)(=O)c1cc(-c2nnc(C(=O)N3CCCCC3)o2)cs1)c1ccccc1. The van der Waals surface area contributed by atoms with Crippen molar-refractivity contribution >= 4 is 27.3 Å². The average Bonchev–Trinajstić information content (AvgIpc) is 3.48. The van der Waals surface area contributed by atoms with Gasteiger partial charge in [0, 0.05) is 25.0 Å². The number of sulfonamides is 1. The Labute approximate surface area is 185 Å². The topological polar surface area (TPSA) is 105 Å². The van der Waals surface area contributed by atoms with E-state index in [2.05, 4.69) is 14.9 Å². The lowest BCUT2D eigenvalue weighted by Gasteiger charge is -2.24. The highest BCUT2D eigenvalue weighted by molar-refractivity contribution is 7.91. The van der Waals surface area contributed by atoms with Crippen molar-refractivity contribution in [3.63, 3.8) is 0 Å². The molecule has 0 bridgehead atoms. The van der Waals surface area contributed by atoms with Gasteiger partial charge in [-0.15, -0.1) is 21.5 Å². The van der Waals surface area contributed by atoms with Gasteiger partial charge in [0.1, 0.15) is 4.21 Å². The van der Waals surface area contributed by atoms with E-state index in [1.807, 2.05) is 37.3 Å². The summed E-state index contributed by atoms with van der Waals surface area (Å²) >= 11 is 1.07. The highest BCUT2D eigenvalue weighted by atomic mass is 32.2. The average molecular weight is 461 g/mol. The number of rotatable bonds is 7. The number of carbonyl (C=O) groups excluding carboxylic acids is 1. The number of benzene rings is 1. The lowest BCUT2D eigenvalue weighted by atomic mass is 10.0. The second kappa shape index (κ2) is 9.29. The first-order valence-electron chi connectivity index (χ1n) is 10.2. The predicted octanol–water partition coefficient (Wildman–Crippen LogP) is 3.51. The van der Waals surface area contributed by atoms with Crippen molar-refractivity contribution in [2.24, 2.45) is 0 Å². The molecule has 1 fully saturated rings. The van der Waals surface area contributed by atoms with Gasteiger partial charge in [0.15, 0.2) is 0 Å². The highest BCUT2D eigenvalue weighted by Gasteiger charge is 2.25. The summed E-state index contributed by atoms with van der Waals surface area (Å²) in [7, 11) is -3.67. The molecule has 4 rings (SSSR count). The van der Waals surface area contributed by atoms with Crippen LogP contribution in [0.4, 0.5) is 0 Å². The summed E-state index contributed by atoms with van der Waals surface area (Å²) in [6.07, 6.45) is 3.05. The van der Waals surface area contributed by atoms with Crippen LogP contribution < -0.4 is 4.72 Å². The van der Waals surface area contributed by atoms with E-state index in [9.17, 15) is 13.2 Å². The van der Waals surface area contributed by atoms with E-state index in [4.69, 9.17) is 4.42 Å². The number of piperidine rings is 1. The largest absolute Gasteiger partial charge is 0.412 e. The van der Waals surface area contributed by atoms with E-state index >= 15 is 0 Å². The van der Waals surface area contributed by atoms with Gasteiger partial charge in [-0.2, -0.15) is 0 Å². The molecule has 164 valence electrons. The second-order valence-corrected chi connectivity index (χ2v) is 10.5. The summed E-state index contributed by atoms with van der Waals surface area (Å²) in [5, 5.41) is 9.44. The van der Waals surface area contributed by atoms with Crippen molar-refractivity contribution in [2.45, 2.75) is 36.3 Å². The van der Waals surface area contributed by atoms with E-state index in [0.717, 1.165) is 36.2 Å². The van der Waals surface area contributed by atoms with Crippen LogP contribution in [-0.2, 0) is 10.0 Å². The number of thiophene rings is 1. The minimum atomic E-state index is -3.67. The van der Waals surface area contributed by atoms with E-state index in [0.29, 0.717) is 18.7 Å². The van der Waals surface area contributed by atoms with Crippen molar-refractivity contribution < 1.29 is 17.6 Å². The molecule has 0 spiro atoms. The summed E-state index contributed by atoms with van der Waals surface area (Å²) < 4.78 is 33.8. The van der Waals surface area contributed by atoms with E-state index in [1.54, 1.807) is 10.3 Å². The number of carbonyl (C=O) groups is 1. The maximum atomic E-state index is 12.7. The van der Waals surface area contributed by atoms with Gasteiger partial charge < -0.3 is 9.32 Å². The summed E-state index contributed by atoms with van der Waals surface area (Å²) in [6.45, 7) is 3.63. The highest BCUT2D eigenvalue weighted by Crippen LogP contribution is 2.28. The number of nitrogens with one attached hydrogen (secondary N) is 1. The molecule has 2 aromatic heterocycles. The van der Waals surface area contributed by atoms with E-state index in [-0.39, 0.29) is 34.4 Å². The minimum Gasteiger partial charge on any atom is -0.412 e. The van der Waals surface area contributed by atoms with Gasteiger partial charge in [-0.3, -0.25) is 4.79 Å². The third-order valence-electron chi connectivity index (χ3n) is 5.29. The standard InChI is InChI=1S/C21H24N4O4S2/c1-15(16-8-4-2-5-9-16)13-22-31(27,28)18-12-17(14-30-18)19-23-24-20(29-19)21(26)25-10-6-3-7-11-25/h2,4-5,8-9,12,14-15,22H,3,6-7,10-11,13H2,1H3/t15-/m0/s1. The molecule has 1 N–H and O–H groups in total. The Hall–Kier alpha value is -2.56. The molecular formula is C21H24N4O4S2. The van der Waals surface area contributed by atoms with Crippen LogP contribution in [0, 0.1) is 0 Å². The van der Waals surface area contributed by atoms with Gasteiger partial charge in [-0.1, -0.05) is 37.3 Å². The number of likely N-dealkylation sites (tertiary alicyclic amines) is 1. The first-order chi connectivity index (χ1) is 14.9. The molecule has 1 aromatic carbocycles. The molecule has 1 saturated heterocycles. The summed E-state index contributed by atoms with van der Waals surface area (Å²) in [5.74, 6) is -0.175. The Bertz CT molecular complexity index is 1140. The van der Waals surface area contributed by atoms with Crippen LogP contribution in [-0.4, -0.2) is 49.1 Å². The van der Waals surface area contributed by atoms with E-state index in [1.165, 1.54) is 6.07 Å². The monoisotopic (exact) mass is 460 g/mol. The first kappa shape index (κ1) is 21.7. The Kier molecular flexibility index (Phi) is 6.49. The van der Waals surface area contributed by atoms with Crippen molar-refractivity contribution in [3.8, 4) is 11.5 Å². The zero-order valence-corrected chi connectivity index (χ0v) is 18.8. The molecule has 0 unspecified atom stereocenters. The van der Waals surface area contributed by atoms with E-state index < -0.39 is 10.0 Å². The molecular weight excluding hydrogens is 436 g/mol. The smallest absolute Gasteiger partial charge is 0.311 e. The van der Waals surface area contributed by atoms with Gasteiger partial charge in [-0.25, -0.2) is 13.1 Å². The van der Waals surface area contributed by atoms with Gasteiger partial charge in [-0.05, 0) is 36.8 Å². The third kappa shape index (κ3) is 5.03. The van der Waals surface area contributed by atoms with Gasteiger partial charge in [0.05, 0.1) is 5.56 Å². The van der Waals surface area contributed by atoms with Crippen molar-refractivity contribution in [1.29, 1.82) is 0 Å². The molecule has 3 heterocycles. The van der Waals surface area contributed by atoms with Crippen LogP contribution in [0.25, 0.3) is 11.5 Å². The molecule has 0 saturated carbocycles. The zero-order valence-electron chi connectivity index (χ0n) is 17.2. The summed E-state index contributed by atoms with van der Waals surface area (Å²) in [6, 6.07) is 11.2. The van der Waals surface area contributed by atoms with Gasteiger partial charge >= 0.3 is 11.8 Å². The number of amides is 1. The van der Waals surface area contributed by atoms with Crippen LogP contribution >= 0.6 is 11.3 Å². The fourth-order valence-corrected chi connectivity index (χ4v) is 5.76. The molecule has 3 aromatic rings.